The van der Waals surface area contributed by atoms with Crippen LogP contribution in [0, 0.1) is 0 Å². The van der Waals surface area contributed by atoms with Gasteiger partial charge in [-0.3, -0.25) is 4.57 Å². The molecular formula is C6H7N4O5P. The van der Waals surface area contributed by atoms with Gasteiger partial charge in [-0.25, -0.2) is 9.26 Å². The predicted molar refractivity (Wildman–Crippen MR) is 47.2 cm³/mol. The number of nitrogens with zero attached hydrogens (tertiary/aromatic N) is 4. The Labute approximate surface area is 89.6 Å². The van der Waals surface area contributed by atoms with Gasteiger partial charge in [-0.15, -0.1) is 0 Å². The zero-order chi connectivity index (χ0) is 11.2. The van der Waals surface area contributed by atoms with Crippen molar-refractivity contribution in [3.63, 3.8) is 0 Å². The fraction of sp³-hybridized carbons (Fsp3) is 0.333. The van der Waals surface area contributed by atoms with Crippen molar-refractivity contribution < 1.29 is 22.9 Å². The Morgan fingerprint density at radius 1 is 1.06 bits per heavy atom. The van der Waals surface area contributed by atoms with E-state index >= 15 is 0 Å². The molecular weight excluding hydrogens is 239 g/mol. The lowest BCUT2D eigenvalue weighted by molar-refractivity contribution is 0.201. The molecule has 86 valence electrons. The molecule has 2 heterocycles. The number of aromatic nitrogens is 4. The molecule has 0 unspecified atom stereocenters. The van der Waals surface area contributed by atoms with Crippen molar-refractivity contribution in [3.05, 3.63) is 23.8 Å². The maximum Gasteiger partial charge on any atom is 0.319 e. The lowest BCUT2D eigenvalue weighted by Gasteiger charge is -2.00. The summed E-state index contributed by atoms with van der Waals surface area (Å²) in [7, 11) is -2.61. The summed E-state index contributed by atoms with van der Waals surface area (Å²) in [5, 5.41) is 13.7. The van der Waals surface area contributed by atoms with Crippen molar-refractivity contribution in [1.82, 2.24) is 20.6 Å². The normalized spacial score (nSPS) is 11.1. The van der Waals surface area contributed by atoms with Crippen LogP contribution in [0.2, 0.25) is 0 Å². The fourth-order valence-corrected chi connectivity index (χ4v) is 1.42. The monoisotopic (exact) mass is 246 g/mol. The molecule has 0 N–H and O–H groups in total. The highest BCUT2D eigenvalue weighted by Crippen LogP contribution is 2.26. The average molecular weight is 246 g/mol. The second-order valence-corrected chi connectivity index (χ2v) is 3.70. The van der Waals surface area contributed by atoms with E-state index in [2.05, 4.69) is 29.9 Å². The molecule has 2 aromatic rings. The van der Waals surface area contributed by atoms with Gasteiger partial charge in [0.25, 0.3) is 0 Å². The van der Waals surface area contributed by atoms with Gasteiger partial charge in [-0.2, -0.15) is 0 Å². The van der Waals surface area contributed by atoms with Gasteiger partial charge in [0.1, 0.15) is 24.6 Å². The molecule has 0 atom stereocenters. The Hall–Kier alpha value is -1.57. The minimum absolute atomic E-state index is 0.0123. The largest absolute Gasteiger partial charge is 0.319 e. The van der Waals surface area contributed by atoms with Gasteiger partial charge in [-0.1, -0.05) is 20.6 Å². The standard InChI is InChI=1S/C6H7N4O5P/c11-16(12-3-5-1-7-14-9-5)13-4-6-2-8-15-10-6/h1-2,16H,3-4H2. The van der Waals surface area contributed by atoms with Crippen LogP contribution >= 0.6 is 8.25 Å². The Morgan fingerprint density at radius 3 is 1.94 bits per heavy atom. The SMILES string of the molecule is O=[PH](OCc1cnon1)OCc1cnon1. The summed E-state index contributed by atoms with van der Waals surface area (Å²) < 4.78 is 29.6. The van der Waals surface area contributed by atoms with E-state index in [9.17, 15) is 4.57 Å². The van der Waals surface area contributed by atoms with E-state index in [-0.39, 0.29) is 13.2 Å². The first-order chi connectivity index (χ1) is 7.84. The lowest BCUT2D eigenvalue weighted by atomic mass is 10.5. The molecule has 0 aliphatic heterocycles. The van der Waals surface area contributed by atoms with E-state index < -0.39 is 8.25 Å². The third-order valence-electron chi connectivity index (χ3n) is 1.49. The molecule has 0 saturated carbocycles. The van der Waals surface area contributed by atoms with E-state index in [4.69, 9.17) is 9.05 Å². The summed E-state index contributed by atoms with van der Waals surface area (Å²) in [6.07, 6.45) is 2.72. The first-order valence-electron chi connectivity index (χ1n) is 4.17. The van der Waals surface area contributed by atoms with Crippen molar-refractivity contribution in [2.24, 2.45) is 0 Å². The summed E-state index contributed by atoms with van der Waals surface area (Å²) in [5.74, 6) is 0. The van der Waals surface area contributed by atoms with Crippen molar-refractivity contribution in [2.45, 2.75) is 13.2 Å². The van der Waals surface area contributed by atoms with Crippen molar-refractivity contribution in [2.75, 3.05) is 0 Å². The summed E-state index contributed by atoms with van der Waals surface area (Å²) >= 11 is 0. The summed E-state index contributed by atoms with van der Waals surface area (Å²) in [5.41, 5.74) is 0.870. The van der Waals surface area contributed by atoms with Crippen molar-refractivity contribution >= 4 is 8.25 Å². The van der Waals surface area contributed by atoms with Crippen LogP contribution in [0.4, 0.5) is 0 Å². The number of rotatable bonds is 6. The molecule has 16 heavy (non-hydrogen) atoms. The maximum atomic E-state index is 11.2. The highest BCUT2D eigenvalue weighted by Gasteiger charge is 2.05. The third-order valence-corrected chi connectivity index (χ3v) is 2.25. The fourth-order valence-electron chi connectivity index (χ4n) is 0.803. The van der Waals surface area contributed by atoms with Crippen molar-refractivity contribution in [1.29, 1.82) is 0 Å². The minimum Gasteiger partial charge on any atom is -0.304 e. The molecule has 0 bridgehead atoms. The Balaban J connectivity index is 1.69. The molecule has 10 heteroatoms. The first-order valence-corrected chi connectivity index (χ1v) is 5.39. The minimum atomic E-state index is -2.61. The van der Waals surface area contributed by atoms with Crippen LogP contribution in [-0.2, 0) is 26.8 Å². The molecule has 2 rings (SSSR count). The van der Waals surface area contributed by atoms with Crippen LogP contribution in [0.5, 0.6) is 0 Å². The molecule has 0 amide bonds. The first kappa shape index (κ1) is 10.9. The van der Waals surface area contributed by atoms with E-state index in [1.165, 1.54) is 12.4 Å². The van der Waals surface area contributed by atoms with Crippen LogP contribution in [0.25, 0.3) is 0 Å². The second kappa shape index (κ2) is 5.50. The zero-order valence-electron chi connectivity index (χ0n) is 7.90. The molecule has 0 aliphatic carbocycles. The van der Waals surface area contributed by atoms with Gasteiger partial charge in [0.15, 0.2) is 0 Å². The zero-order valence-corrected chi connectivity index (χ0v) is 8.90. The van der Waals surface area contributed by atoms with Gasteiger partial charge >= 0.3 is 8.25 Å². The van der Waals surface area contributed by atoms with Gasteiger partial charge in [0.05, 0.1) is 12.4 Å². The van der Waals surface area contributed by atoms with Gasteiger partial charge in [-0.05, 0) is 0 Å². The molecule has 0 radical (unpaired) electrons. The summed E-state index contributed by atoms with van der Waals surface area (Å²) in [6, 6.07) is 0. The molecule has 0 aromatic carbocycles. The third kappa shape index (κ3) is 3.23. The van der Waals surface area contributed by atoms with Crippen LogP contribution in [0.3, 0.4) is 0 Å². The molecule has 0 aliphatic rings. The van der Waals surface area contributed by atoms with Crippen LogP contribution < -0.4 is 0 Å². The Morgan fingerprint density at radius 2 is 1.56 bits per heavy atom. The number of hydrogen-bond acceptors (Lipinski definition) is 9. The Kier molecular flexibility index (Phi) is 3.76. The summed E-state index contributed by atoms with van der Waals surface area (Å²) in [6.45, 7) is 0.0245. The predicted octanol–water partition coefficient (Wildman–Crippen LogP) is 0.576. The topological polar surface area (TPSA) is 113 Å². The van der Waals surface area contributed by atoms with E-state index in [0.29, 0.717) is 11.4 Å². The van der Waals surface area contributed by atoms with E-state index in [0.717, 1.165) is 0 Å². The highest BCUT2D eigenvalue weighted by atomic mass is 31.1. The number of hydrogen-bond donors (Lipinski definition) is 0. The van der Waals surface area contributed by atoms with Crippen LogP contribution in [0.15, 0.2) is 21.7 Å². The van der Waals surface area contributed by atoms with Crippen LogP contribution in [0.1, 0.15) is 11.4 Å². The average Bonchev–Trinajstić information content (AvgIpc) is 2.96. The lowest BCUT2D eigenvalue weighted by Crippen LogP contribution is -1.89. The molecule has 9 nitrogen and oxygen atoms in total. The quantitative estimate of drug-likeness (QED) is 0.674. The Bertz CT molecular complexity index is 389. The van der Waals surface area contributed by atoms with E-state index in [1.807, 2.05) is 0 Å². The van der Waals surface area contributed by atoms with Gasteiger partial charge < -0.3 is 9.05 Å². The molecule has 0 saturated heterocycles. The summed E-state index contributed by atoms with van der Waals surface area (Å²) in [4.78, 5) is 0. The van der Waals surface area contributed by atoms with Crippen molar-refractivity contribution in [3.8, 4) is 0 Å². The van der Waals surface area contributed by atoms with Crippen LogP contribution in [-0.4, -0.2) is 20.6 Å². The molecule has 0 fully saturated rings. The maximum absolute atomic E-state index is 11.2. The van der Waals surface area contributed by atoms with Gasteiger partial charge in [0.2, 0.25) is 0 Å². The molecule has 0 spiro atoms. The smallest absolute Gasteiger partial charge is 0.304 e. The second-order valence-electron chi connectivity index (χ2n) is 2.62. The molecule has 2 aromatic heterocycles. The highest BCUT2D eigenvalue weighted by molar-refractivity contribution is 7.33. The van der Waals surface area contributed by atoms with Gasteiger partial charge in [0, 0.05) is 0 Å². The van der Waals surface area contributed by atoms with E-state index in [1.54, 1.807) is 0 Å².